The van der Waals surface area contributed by atoms with E-state index in [1.165, 1.54) is 19.3 Å². The van der Waals surface area contributed by atoms with Crippen molar-refractivity contribution >= 4 is 5.82 Å². The van der Waals surface area contributed by atoms with E-state index < -0.39 is 0 Å². The number of piperidine rings is 1. The summed E-state index contributed by atoms with van der Waals surface area (Å²) in [6.07, 6.45) is 5.81. The Balaban J connectivity index is 1.91. The summed E-state index contributed by atoms with van der Waals surface area (Å²) in [6.45, 7) is 6.09. The van der Waals surface area contributed by atoms with E-state index in [0.29, 0.717) is 6.04 Å². The summed E-state index contributed by atoms with van der Waals surface area (Å²) in [4.78, 5) is 4.35. The van der Waals surface area contributed by atoms with Crippen LogP contribution in [0.4, 0.5) is 5.82 Å². The number of pyridine rings is 1. The number of hydrogen-bond acceptors (Lipinski definition) is 4. The molecular formula is C14H23N3O. The Morgan fingerprint density at radius 2 is 2.39 bits per heavy atom. The van der Waals surface area contributed by atoms with Crippen molar-refractivity contribution in [1.82, 2.24) is 10.3 Å². The number of nitrogens with zero attached hydrogens (tertiary/aromatic N) is 1. The number of ether oxygens (including phenoxy) is 1. The van der Waals surface area contributed by atoms with Crippen LogP contribution in [0.15, 0.2) is 18.3 Å². The molecule has 100 valence electrons. The van der Waals surface area contributed by atoms with Gasteiger partial charge in [0.15, 0.2) is 11.6 Å². The van der Waals surface area contributed by atoms with Crippen LogP contribution in [0, 0.1) is 0 Å². The van der Waals surface area contributed by atoms with Crippen molar-refractivity contribution in [2.24, 2.45) is 0 Å². The second kappa shape index (κ2) is 6.59. The molecule has 1 aliphatic heterocycles. The van der Waals surface area contributed by atoms with Gasteiger partial charge in [-0.3, -0.25) is 0 Å². The summed E-state index contributed by atoms with van der Waals surface area (Å²) in [5, 5.41) is 6.91. The standard InChI is InChI=1S/C14H23N3O/c1-11(2)18-13-7-5-9-16-14(13)17-10-12-6-3-4-8-15-12/h5,7,9,11-12,15H,3-4,6,8,10H2,1-2H3,(H,16,17). The number of hydrogen-bond donors (Lipinski definition) is 2. The van der Waals surface area contributed by atoms with Crippen molar-refractivity contribution in [2.45, 2.75) is 45.3 Å². The highest BCUT2D eigenvalue weighted by Crippen LogP contribution is 2.22. The van der Waals surface area contributed by atoms with Gasteiger partial charge in [0.1, 0.15) is 0 Å². The third kappa shape index (κ3) is 3.88. The van der Waals surface area contributed by atoms with Crippen molar-refractivity contribution in [1.29, 1.82) is 0 Å². The van der Waals surface area contributed by atoms with E-state index in [1.807, 2.05) is 26.0 Å². The van der Waals surface area contributed by atoms with Crippen LogP contribution >= 0.6 is 0 Å². The zero-order valence-electron chi connectivity index (χ0n) is 11.3. The van der Waals surface area contributed by atoms with E-state index in [2.05, 4.69) is 15.6 Å². The van der Waals surface area contributed by atoms with E-state index in [-0.39, 0.29) is 6.10 Å². The van der Waals surface area contributed by atoms with Crippen molar-refractivity contribution < 1.29 is 4.74 Å². The Labute approximate surface area is 109 Å². The SMILES string of the molecule is CC(C)Oc1cccnc1NCC1CCCCN1. The molecule has 1 atom stereocenters. The first-order chi connectivity index (χ1) is 8.75. The second-order valence-corrected chi connectivity index (χ2v) is 5.04. The van der Waals surface area contributed by atoms with Gasteiger partial charge in [0.05, 0.1) is 6.10 Å². The molecule has 2 N–H and O–H groups in total. The van der Waals surface area contributed by atoms with Crippen LogP contribution in [0.1, 0.15) is 33.1 Å². The average Bonchev–Trinajstić information content (AvgIpc) is 2.38. The molecule has 1 aliphatic rings. The van der Waals surface area contributed by atoms with E-state index >= 15 is 0 Å². The number of nitrogens with one attached hydrogen (secondary N) is 2. The van der Waals surface area contributed by atoms with E-state index in [0.717, 1.165) is 24.7 Å². The van der Waals surface area contributed by atoms with Gasteiger partial charge in [-0.25, -0.2) is 4.98 Å². The molecule has 18 heavy (non-hydrogen) atoms. The molecule has 4 heteroatoms. The number of aromatic nitrogens is 1. The van der Waals surface area contributed by atoms with Gasteiger partial charge in [-0.2, -0.15) is 0 Å². The van der Waals surface area contributed by atoms with Gasteiger partial charge < -0.3 is 15.4 Å². The number of rotatable bonds is 5. The van der Waals surface area contributed by atoms with Crippen LogP contribution in [0.25, 0.3) is 0 Å². The van der Waals surface area contributed by atoms with Gasteiger partial charge >= 0.3 is 0 Å². The third-order valence-electron chi connectivity index (χ3n) is 3.06. The molecule has 1 aromatic rings. The monoisotopic (exact) mass is 249 g/mol. The Bertz CT molecular complexity index is 362. The minimum atomic E-state index is 0.169. The third-order valence-corrected chi connectivity index (χ3v) is 3.06. The zero-order chi connectivity index (χ0) is 12.8. The maximum Gasteiger partial charge on any atom is 0.168 e. The van der Waals surface area contributed by atoms with Gasteiger partial charge in [0.2, 0.25) is 0 Å². The van der Waals surface area contributed by atoms with Gasteiger partial charge in [-0.1, -0.05) is 6.42 Å². The van der Waals surface area contributed by atoms with Crippen molar-refractivity contribution in [3.8, 4) is 5.75 Å². The molecule has 0 spiro atoms. The fourth-order valence-electron chi connectivity index (χ4n) is 2.19. The fourth-order valence-corrected chi connectivity index (χ4v) is 2.19. The predicted octanol–water partition coefficient (Wildman–Crippen LogP) is 2.42. The Hall–Kier alpha value is -1.29. The molecular weight excluding hydrogens is 226 g/mol. The minimum absolute atomic E-state index is 0.169. The predicted molar refractivity (Wildman–Crippen MR) is 74.1 cm³/mol. The van der Waals surface area contributed by atoms with Crippen LogP contribution in [-0.4, -0.2) is 30.2 Å². The molecule has 1 fully saturated rings. The van der Waals surface area contributed by atoms with Crippen LogP contribution in [-0.2, 0) is 0 Å². The fraction of sp³-hybridized carbons (Fsp3) is 0.643. The smallest absolute Gasteiger partial charge is 0.168 e. The molecule has 2 heterocycles. The maximum absolute atomic E-state index is 5.74. The quantitative estimate of drug-likeness (QED) is 0.841. The van der Waals surface area contributed by atoms with Crippen LogP contribution in [0.2, 0.25) is 0 Å². The van der Waals surface area contributed by atoms with Gasteiger partial charge in [0.25, 0.3) is 0 Å². The topological polar surface area (TPSA) is 46.2 Å². The minimum Gasteiger partial charge on any atom is -0.487 e. The molecule has 1 saturated heterocycles. The average molecular weight is 249 g/mol. The maximum atomic E-state index is 5.74. The lowest BCUT2D eigenvalue weighted by Crippen LogP contribution is -2.39. The van der Waals surface area contributed by atoms with E-state index in [9.17, 15) is 0 Å². The Morgan fingerprint density at radius 1 is 1.50 bits per heavy atom. The molecule has 0 amide bonds. The highest BCUT2D eigenvalue weighted by Gasteiger charge is 2.13. The Kier molecular flexibility index (Phi) is 4.81. The van der Waals surface area contributed by atoms with Crippen LogP contribution < -0.4 is 15.4 Å². The van der Waals surface area contributed by atoms with E-state index in [1.54, 1.807) is 6.20 Å². The summed E-state index contributed by atoms with van der Waals surface area (Å²) in [6, 6.07) is 4.42. The molecule has 0 saturated carbocycles. The molecule has 0 aliphatic carbocycles. The van der Waals surface area contributed by atoms with E-state index in [4.69, 9.17) is 4.74 Å². The van der Waals surface area contributed by atoms with Crippen molar-refractivity contribution in [3.05, 3.63) is 18.3 Å². The molecule has 2 rings (SSSR count). The highest BCUT2D eigenvalue weighted by atomic mass is 16.5. The lowest BCUT2D eigenvalue weighted by molar-refractivity contribution is 0.243. The molecule has 1 aromatic heterocycles. The first kappa shape index (κ1) is 13.1. The largest absolute Gasteiger partial charge is 0.487 e. The van der Waals surface area contributed by atoms with Gasteiger partial charge in [-0.15, -0.1) is 0 Å². The van der Waals surface area contributed by atoms with Gasteiger partial charge in [0, 0.05) is 18.8 Å². The van der Waals surface area contributed by atoms with Crippen molar-refractivity contribution in [3.63, 3.8) is 0 Å². The van der Waals surface area contributed by atoms with Crippen molar-refractivity contribution in [2.75, 3.05) is 18.4 Å². The summed E-state index contributed by atoms with van der Waals surface area (Å²) < 4.78 is 5.74. The summed E-state index contributed by atoms with van der Waals surface area (Å²) in [5.74, 6) is 1.68. The summed E-state index contributed by atoms with van der Waals surface area (Å²) >= 11 is 0. The summed E-state index contributed by atoms with van der Waals surface area (Å²) in [7, 11) is 0. The number of anilines is 1. The molecule has 1 unspecified atom stereocenters. The lowest BCUT2D eigenvalue weighted by atomic mass is 10.1. The summed E-state index contributed by atoms with van der Waals surface area (Å²) in [5.41, 5.74) is 0. The Morgan fingerprint density at radius 3 is 3.11 bits per heavy atom. The second-order valence-electron chi connectivity index (χ2n) is 5.04. The highest BCUT2D eigenvalue weighted by molar-refractivity contribution is 5.49. The first-order valence-corrected chi connectivity index (χ1v) is 6.84. The van der Waals surface area contributed by atoms with Crippen LogP contribution in [0.5, 0.6) is 5.75 Å². The zero-order valence-corrected chi connectivity index (χ0v) is 11.3. The molecule has 0 bridgehead atoms. The lowest BCUT2D eigenvalue weighted by Gasteiger charge is -2.24. The van der Waals surface area contributed by atoms with Crippen LogP contribution in [0.3, 0.4) is 0 Å². The van der Waals surface area contributed by atoms with Gasteiger partial charge in [-0.05, 0) is 45.4 Å². The molecule has 0 radical (unpaired) electrons. The molecule has 0 aromatic carbocycles. The molecule has 4 nitrogen and oxygen atoms in total. The first-order valence-electron chi connectivity index (χ1n) is 6.84. The normalized spacial score (nSPS) is 19.8.